The molecule has 0 saturated carbocycles. The van der Waals surface area contributed by atoms with Gasteiger partial charge in [0.05, 0.1) is 22.8 Å². The Kier molecular flexibility index (Phi) is 9.29. The molecule has 1 aliphatic rings. The fourth-order valence-electron chi connectivity index (χ4n) is 4.18. The molecule has 4 rings (SSSR count). The van der Waals surface area contributed by atoms with Gasteiger partial charge in [-0.1, -0.05) is 37.3 Å². The van der Waals surface area contributed by atoms with Crippen LogP contribution in [-0.2, 0) is 6.54 Å². The van der Waals surface area contributed by atoms with Gasteiger partial charge in [-0.15, -0.1) is 24.8 Å². The lowest BCUT2D eigenvalue weighted by atomic mass is 10.0. The van der Waals surface area contributed by atoms with Crippen LogP contribution in [0.4, 0.5) is 0 Å². The lowest BCUT2D eigenvalue weighted by Crippen LogP contribution is -2.46. The Balaban J connectivity index is 0.00000171. The Labute approximate surface area is 196 Å². The van der Waals surface area contributed by atoms with Crippen LogP contribution in [0.25, 0.3) is 22.3 Å². The van der Waals surface area contributed by atoms with Gasteiger partial charge >= 0.3 is 0 Å². The number of carbonyl (C=O) groups excluding carboxylic acids is 1. The molecule has 3 heterocycles. The van der Waals surface area contributed by atoms with Crippen molar-refractivity contribution in [2.24, 2.45) is 0 Å². The van der Waals surface area contributed by atoms with Gasteiger partial charge in [-0.25, -0.2) is 9.67 Å². The molecule has 0 radical (unpaired) electrons. The predicted molar refractivity (Wildman–Crippen MR) is 130 cm³/mol. The third-order valence-electron chi connectivity index (χ3n) is 5.68. The number of hydrogen-bond donors (Lipinski definition) is 1. The van der Waals surface area contributed by atoms with E-state index in [0.29, 0.717) is 5.56 Å². The van der Waals surface area contributed by atoms with Gasteiger partial charge < -0.3 is 10.2 Å². The molecule has 3 aromatic rings. The number of carbonyl (C=O) groups is 1. The summed E-state index contributed by atoms with van der Waals surface area (Å²) in [6.45, 7) is 7.60. The zero-order valence-corrected chi connectivity index (χ0v) is 19.7. The number of aryl methyl sites for hydroxylation is 1. The van der Waals surface area contributed by atoms with Crippen molar-refractivity contribution in [2.45, 2.75) is 45.7 Å². The second-order valence-electron chi connectivity index (χ2n) is 7.60. The third kappa shape index (κ3) is 5.20. The minimum atomic E-state index is 0. The predicted octanol–water partition coefficient (Wildman–Crippen LogP) is 4.57. The summed E-state index contributed by atoms with van der Waals surface area (Å²) in [4.78, 5) is 20.7. The van der Waals surface area contributed by atoms with Crippen molar-refractivity contribution < 1.29 is 4.79 Å². The molecule has 1 fully saturated rings. The van der Waals surface area contributed by atoms with Crippen molar-refractivity contribution in [3.8, 4) is 11.3 Å². The van der Waals surface area contributed by atoms with Crippen LogP contribution in [0.15, 0.2) is 42.6 Å². The number of nitrogens with one attached hydrogen (secondary N) is 1. The number of piperidine rings is 1. The second kappa shape index (κ2) is 11.5. The molecule has 0 aliphatic carbocycles. The van der Waals surface area contributed by atoms with Gasteiger partial charge in [-0.2, -0.15) is 5.10 Å². The molecule has 6 nitrogen and oxygen atoms in total. The fourth-order valence-corrected chi connectivity index (χ4v) is 4.18. The summed E-state index contributed by atoms with van der Waals surface area (Å²) in [6, 6.07) is 12.3. The molecular formula is C23H31Cl2N5O. The van der Waals surface area contributed by atoms with E-state index < -0.39 is 0 Å². The van der Waals surface area contributed by atoms with Crippen LogP contribution in [0.5, 0.6) is 0 Å². The van der Waals surface area contributed by atoms with Gasteiger partial charge in [-0.05, 0) is 45.3 Å². The quantitative estimate of drug-likeness (QED) is 0.581. The molecule has 31 heavy (non-hydrogen) atoms. The van der Waals surface area contributed by atoms with Crippen molar-refractivity contribution in [1.29, 1.82) is 0 Å². The molecule has 1 aromatic carbocycles. The summed E-state index contributed by atoms with van der Waals surface area (Å²) in [5, 5.41) is 8.72. The molecule has 1 saturated heterocycles. The Hall–Kier alpha value is -2.15. The first kappa shape index (κ1) is 25.1. The fraction of sp³-hybridized carbons (Fsp3) is 0.435. The van der Waals surface area contributed by atoms with Crippen LogP contribution >= 0.6 is 24.8 Å². The zero-order chi connectivity index (χ0) is 20.2. The number of amides is 1. The van der Waals surface area contributed by atoms with Gasteiger partial charge in [0.1, 0.15) is 0 Å². The van der Waals surface area contributed by atoms with Crippen molar-refractivity contribution in [1.82, 2.24) is 25.0 Å². The Morgan fingerprint density at radius 3 is 2.52 bits per heavy atom. The van der Waals surface area contributed by atoms with Gasteiger partial charge in [0.2, 0.25) is 0 Å². The number of fused-ring (bicyclic) bond motifs is 1. The average Bonchev–Trinajstić information content (AvgIpc) is 3.20. The highest BCUT2D eigenvalue weighted by atomic mass is 35.5. The third-order valence-corrected chi connectivity index (χ3v) is 5.68. The first-order valence-electron chi connectivity index (χ1n) is 10.7. The van der Waals surface area contributed by atoms with Crippen molar-refractivity contribution in [2.75, 3.05) is 19.6 Å². The van der Waals surface area contributed by atoms with E-state index in [4.69, 9.17) is 4.98 Å². The van der Waals surface area contributed by atoms with Crippen LogP contribution in [0.2, 0.25) is 0 Å². The van der Waals surface area contributed by atoms with E-state index in [1.54, 1.807) is 6.20 Å². The van der Waals surface area contributed by atoms with E-state index in [9.17, 15) is 4.79 Å². The molecule has 1 amide bonds. The maximum atomic E-state index is 13.8. The van der Waals surface area contributed by atoms with E-state index in [2.05, 4.69) is 22.2 Å². The van der Waals surface area contributed by atoms with Crippen LogP contribution < -0.4 is 5.32 Å². The molecule has 0 bridgehead atoms. The maximum Gasteiger partial charge on any atom is 0.254 e. The summed E-state index contributed by atoms with van der Waals surface area (Å²) in [6.07, 6.45) is 4.74. The van der Waals surface area contributed by atoms with Crippen LogP contribution in [0, 0.1) is 0 Å². The smallest absolute Gasteiger partial charge is 0.254 e. The monoisotopic (exact) mass is 463 g/mol. The van der Waals surface area contributed by atoms with Crippen LogP contribution in [0.1, 0.15) is 43.5 Å². The largest absolute Gasteiger partial charge is 0.336 e. The van der Waals surface area contributed by atoms with E-state index in [-0.39, 0.29) is 36.8 Å². The summed E-state index contributed by atoms with van der Waals surface area (Å²) in [5.41, 5.74) is 3.31. The summed E-state index contributed by atoms with van der Waals surface area (Å²) in [5.74, 6) is 0.0963. The van der Waals surface area contributed by atoms with Crippen LogP contribution in [-0.4, -0.2) is 51.2 Å². The minimum absolute atomic E-state index is 0. The number of halogens is 2. The number of hydrogen-bond acceptors (Lipinski definition) is 4. The Bertz CT molecular complexity index is 986. The minimum Gasteiger partial charge on any atom is -0.336 e. The van der Waals surface area contributed by atoms with Crippen molar-refractivity contribution in [3.05, 3.63) is 48.2 Å². The van der Waals surface area contributed by atoms with Crippen molar-refractivity contribution in [3.63, 3.8) is 0 Å². The molecule has 2 aromatic heterocycles. The Morgan fingerprint density at radius 2 is 1.87 bits per heavy atom. The summed E-state index contributed by atoms with van der Waals surface area (Å²) in [7, 11) is 0. The lowest BCUT2D eigenvalue weighted by Gasteiger charge is -2.34. The number of rotatable bonds is 6. The van der Waals surface area contributed by atoms with E-state index >= 15 is 0 Å². The molecule has 1 aliphatic heterocycles. The number of benzene rings is 1. The normalized spacial score (nSPS) is 14.0. The average molecular weight is 464 g/mol. The molecular weight excluding hydrogens is 433 g/mol. The summed E-state index contributed by atoms with van der Waals surface area (Å²) >= 11 is 0. The first-order valence-corrected chi connectivity index (χ1v) is 10.7. The number of pyridine rings is 1. The molecule has 168 valence electrons. The standard InChI is InChI=1S/C23H29N5O.2ClH/c1-3-14-27(18-10-12-24-13-11-18)23(29)19-15-21(17-8-6-5-7-9-17)26-22-20(19)16-25-28(22)4-2;;/h5-9,15-16,18,24H,3-4,10-14H2,1-2H3;2*1H. The van der Waals surface area contributed by atoms with E-state index in [0.717, 1.165) is 67.7 Å². The molecule has 0 atom stereocenters. The lowest BCUT2D eigenvalue weighted by molar-refractivity contribution is 0.0644. The topological polar surface area (TPSA) is 63.1 Å². The highest BCUT2D eigenvalue weighted by molar-refractivity contribution is 6.06. The van der Waals surface area contributed by atoms with E-state index in [1.165, 1.54) is 0 Å². The molecule has 0 spiro atoms. The number of aromatic nitrogens is 3. The zero-order valence-electron chi connectivity index (χ0n) is 18.1. The molecule has 8 heteroatoms. The van der Waals surface area contributed by atoms with Crippen molar-refractivity contribution >= 4 is 41.8 Å². The van der Waals surface area contributed by atoms with E-state index in [1.807, 2.05) is 48.0 Å². The summed E-state index contributed by atoms with van der Waals surface area (Å²) < 4.78 is 1.87. The first-order chi connectivity index (χ1) is 14.2. The van der Waals surface area contributed by atoms with Gasteiger partial charge in [0.25, 0.3) is 5.91 Å². The van der Waals surface area contributed by atoms with Gasteiger partial charge in [0, 0.05) is 24.7 Å². The highest BCUT2D eigenvalue weighted by Crippen LogP contribution is 2.27. The second-order valence-corrected chi connectivity index (χ2v) is 7.60. The Morgan fingerprint density at radius 1 is 1.16 bits per heavy atom. The molecule has 1 N–H and O–H groups in total. The maximum absolute atomic E-state index is 13.8. The molecule has 0 unspecified atom stereocenters. The van der Waals surface area contributed by atoms with Gasteiger partial charge in [0.15, 0.2) is 5.65 Å². The van der Waals surface area contributed by atoms with Gasteiger partial charge in [-0.3, -0.25) is 4.79 Å². The SMILES string of the molecule is CCCN(C(=O)c1cc(-c2ccccc2)nc2c1cnn2CC)C1CCNCC1.Cl.Cl. The number of nitrogens with zero attached hydrogens (tertiary/aromatic N) is 4. The van der Waals surface area contributed by atoms with Crippen LogP contribution in [0.3, 0.4) is 0 Å². The highest BCUT2D eigenvalue weighted by Gasteiger charge is 2.28.